The van der Waals surface area contributed by atoms with Crippen LogP contribution in [0.5, 0.6) is 0 Å². The molecule has 1 atom stereocenters. The van der Waals surface area contributed by atoms with Gasteiger partial charge in [-0.25, -0.2) is 13.8 Å². The lowest BCUT2D eigenvalue weighted by molar-refractivity contribution is 0.0934. The molecule has 7 nitrogen and oxygen atoms in total. The van der Waals surface area contributed by atoms with E-state index < -0.39 is 18.4 Å². The first-order chi connectivity index (χ1) is 19.5. The van der Waals surface area contributed by atoms with E-state index in [0.717, 1.165) is 22.0 Å². The minimum absolute atomic E-state index is 0.0241. The number of nitrogens with zero attached hydrogens (tertiary/aromatic N) is 2. The molecule has 0 aliphatic rings. The van der Waals surface area contributed by atoms with E-state index in [9.17, 15) is 18.4 Å². The molecule has 1 unspecified atom stereocenters. The van der Waals surface area contributed by atoms with Crippen LogP contribution in [0.15, 0.2) is 84.6 Å². The summed E-state index contributed by atoms with van der Waals surface area (Å²) in [6, 6.07) is 19.6. The number of hydrogen-bond donors (Lipinski definition) is 3. The molecule has 2 amide bonds. The summed E-state index contributed by atoms with van der Waals surface area (Å²) in [6.07, 6.45) is 2.35. The van der Waals surface area contributed by atoms with Gasteiger partial charge < -0.3 is 15.6 Å². The van der Waals surface area contributed by atoms with E-state index in [1.165, 1.54) is 35.7 Å². The largest absolute Gasteiger partial charge is 0.352 e. The van der Waals surface area contributed by atoms with Crippen molar-refractivity contribution in [2.24, 2.45) is 0 Å². The van der Waals surface area contributed by atoms with Crippen LogP contribution < -0.4 is 10.6 Å². The maximum absolute atomic E-state index is 13.2. The maximum Gasteiger partial charge on any atom is 0.264 e. The Kier molecular flexibility index (Phi) is 8.56. The Balaban J connectivity index is 1.24. The summed E-state index contributed by atoms with van der Waals surface area (Å²) in [5.74, 6) is -0.152. The van der Waals surface area contributed by atoms with E-state index in [1.807, 2.05) is 18.2 Å². The molecule has 0 aliphatic carbocycles. The number of fused-ring (bicyclic) bond motifs is 1. The number of thiazole rings is 1. The summed E-state index contributed by atoms with van der Waals surface area (Å²) < 4.78 is 26.5. The number of nitrogens with one attached hydrogen (secondary N) is 3. The summed E-state index contributed by atoms with van der Waals surface area (Å²) >= 11 is 1.25. The van der Waals surface area contributed by atoms with Gasteiger partial charge in [-0.2, -0.15) is 0 Å². The Bertz CT molecular complexity index is 1600. The van der Waals surface area contributed by atoms with Gasteiger partial charge >= 0.3 is 0 Å². The SMILES string of the molecule is O=C(NC(CCCCNC(=O)c1ccccc1C(F)F)c1ncc(-c2ccc3ccccc3c2)[nH]1)c1cncs1. The van der Waals surface area contributed by atoms with Gasteiger partial charge in [0.15, 0.2) is 0 Å². The number of carbonyl (C=O) groups is 2. The fourth-order valence-electron chi connectivity index (χ4n) is 4.52. The van der Waals surface area contributed by atoms with Crippen molar-refractivity contribution in [3.8, 4) is 11.3 Å². The van der Waals surface area contributed by atoms with E-state index in [0.29, 0.717) is 36.5 Å². The van der Waals surface area contributed by atoms with Crippen LogP contribution in [0.4, 0.5) is 8.78 Å². The van der Waals surface area contributed by atoms with Gasteiger partial charge in [0.1, 0.15) is 10.7 Å². The molecule has 5 rings (SSSR count). The predicted molar refractivity (Wildman–Crippen MR) is 151 cm³/mol. The molecule has 0 saturated carbocycles. The number of alkyl halides is 2. The minimum atomic E-state index is -2.72. The van der Waals surface area contributed by atoms with Gasteiger partial charge in [-0.15, -0.1) is 11.3 Å². The molecule has 0 aliphatic heterocycles. The zero-order valence-corrected chi connectivity index (χ0v) is 22.3. The van der Waals surface area contributed by atoms with Gasteiger partial charge in [-0.1, -0.05) is 54.6 Å². The fourth-order valence-corrected chi connectivity index (χ4v) is 5.04. The van der Waals surface area contributed by atoms with Crippen molar-refractivity contribution in [2.45, 2.75) is 31.7 Å². The number of aromatic nitrogens is 3. The van der Waals surface area contributed by atoms with Gasteiger partial charge in [-0.05, 0) is 42.2 Å². The highest BCUT2D eigenvalue weighted by atomic mass is 32.1. The highest BCUT2D eigenvalue weighted by Crippen LogP contribution is 2.26. The van der Waals surface area contributed by atoms with Crippen LogP contribution in [0.2, 0.25) is 0 Å². The minimum Gasteiger partial charge on any atom is -0.352 e. The lowest BCUT2D eigenvalue weighted by atomic mass is 10.1. The molecule has 10 heteroatoms. The fraction of sp³-hybridized carbons (Fsp3) is 0.200. The number of rotatable bonds is 11. The number of carbonyl (C=O) groups excluding carboxylic acids is 2. The average molecular weight is 560 g/mol. The molecular formula is C30H27F2N5O2S. The number of halogens is 2. The van der Waals surface area contributed by atoms with Crippen molar-refractivity contribution in [3.05, 3.63) is 106 Å². The molecule has 0 spiro atoms. The number of imidazole rings is 1. The third kappa shape index (κ3) is 6.40. The van der Waals surface area contributed by atoms with Gasteiger partial charge in [0.05, 0.1) is 29.6 Å². The summed E-state index contributed by atoms with van der Waals surface area (Å²) in [5, 5.41) is 8.02. The summed E-state index contributed by atoms with van der Waals surface area (Å²) in [6.45, 7) is 0.312. The van der Waals surface area contributed by atoms with Crippen molar-refractivity contribution >= 4 is 33.9 Å². The van der Waals surface area contributed by atoms with Gasteiger partial charge in [0.2, 0.25) is 0 Å². The van der Waals surface area contributed by atoms with Crippen molar-refractivity contribution in [1.29, 1.82) is 0 Å². The molecule has 2 aromatic heterocycles. The Morgan fingerprint density at radius 2 is 1.73 bits per heavy atom. The first-order valence-corrected chi connectivity index (χ1v) is 13.8. The van der Waals surface area contributed by atoms with Crippen LogP contribution in [0.25, 0.3) is 22.0 Å². The first kappa shape index (κ1) is 27.1. The van der Waals surface area contributed by atoms with Crippen LogP contribution in [0.3, 0.4) is 0 Å². The van der Waals surface area contributed by atoms with Crippen molar-refractivity contribution in [3.63, 3.8) is 0 Å². The van der Waals surface area contributed by atoms with Crippen LogP contribution in [-0.4, -0.2) is 33.3 Å². The Labute approximate surface area is 233 Å². The van der Waals surface area contributed by atoms with Gasteiger partial charge in [-0.3, -0.25) is 14.6 Å². The monoisotopic (exact) mass is 559 g/mol. The molecular weight excluding hydrogens is 532 g/mol. The predicted octanol–water partition coefficient (Wildman–Crippen LogP) is 6.70. The lowest BCUT2D eigenvalue weighted by Crippen LogP contribution is -2.29. The second-order valence-corrected chi connectivity index (χ2v) is 10.2. The Hall–Kier alpha value is -4.44. The lowest BCUT2D eigenvalue weighted by Gasteiger charge is -2.16. The number of H-pyrrole nitrogens is 1. The summed E-state index contributed by atoms with van der Waals surface area (Å²) in [5.41, 5.74) is 3.11. The van der Waals surface area contributed by atoms with E-state index >= 15 is 0 Å². The number of amides is 2. The van der Waals surface area contributed by atoms with E-state index in [4.69, 9.17) is 0 Å². The van der Waals surface area contributed by atoms with Crippen LogP contribution in [0.1, 0.15) is 63.1 Å². The first-order valence-electron chi connectivity index (χ1n) is 12.9. The highest BCUT2D eigenvalue weighted by Gasteiger charge is 2.21. The normalized spacial score (nSPS) is 12.0. The number of unbranched alkanes of at least 4 members (excludes halogenated alkanes) is 1. The molecule has 204 valence electrons. The van der Waals surface area contributed by atoms with Crippen molar-refractivity contribution in [2.75, 3.05) is 6.54 Å². The molecule has 2 heterocycles. The van der Waals surface area contributed by atoms with E-state index in [1.54, 1.807) is 17.8 Å². The molecule has 40 heavy (non-hydrogen) atoms. The third-order valence-corrected chi connectivity index (χ3v) is 7.36. The highest BCUT2D eigenvalue weighted by molar-refractivity contribution is 7.11. The zero-order chi connectivity index (χ0) is 27.9. The van der Waals surface area contributed by atoms with Crippen LogP contribution in [-0.2, 0) is 0 Å². The molecule has 3 N–H and O–H groups in total. The number of benzene rings is 3. The zero-order valence-electron chi connectivity index (χ0n) is 21.4. The molecule has 0 fully saturated rings. The number of aromatic amines is 1. The topological polar surface area (TPSA) is 99.8 Å². The van der Waals surface area contributed by atoms with Crippen molar-refractivity contribution < 1.29 is 18.4 Å². The average Bonchev–Trinajstić information content (AvgIpc) is 3.69. The third-order valence-electron chi connectivity index (χ3n) is 6.59. The second-order valence-electron chi connectivity index (χ2n) is 9.28. The Morgan fingerprint density at radius 1 is 0.925 bits per heavy atom. The second kappa shape index (κ2) is 12.6. The standard InChI is InChI=1S/C30H27F2N5O2S/c31-27(32)22-9-3-4-10-23(22)29(38)34-14-6-5-11-24(37-30(39)26-17-33-18-40-26)28-35-16-25(36-28)21-13-12-19-7-1-2-8-20(19)15-21/h1-4,7-10,12-13,15-18,24,27H,5-6,11,14H2,(H,34,38)(H,35,36)(H,37,39). The Morgan fingerprint density at radius 3 is 2.52 bits per heavy atom. The molecule has 3 aromatic carbocycles. The smallest absolute Gasteiger partial charge is 0.264 e. The quantitative estimate of drug-likeness (QED) is 0.157. The van der Waals surface area contributed by atoms with Gasteiger partial charge in [0.25, 0.3) is 18.2 Å². The van der Waals surface area contributed by atoms with Gasteiger partial charge in [0, 0.05) is 23.2 Å². The molecule has 0 radical (unpaired) electrons. The van der Waals surface area contributed by atoms with Crippen molar-refractivity contribution in [1.82, 2.24) is 25.6 Å². The molecule has 5 aromatic rings. The molecule has 0 bridgehead atoms. The number of hydrogen-bond acceptors (Lipinski definition) is 5. The van der Waals surface area contributed by atoms with Crippen LogP contribution in [0, 0.1) is 0 Å². The summed E-state index contributed by atoms with van der Waals surface area (Å²) in [4.78, 5) is 37.7. The maximum atomic E-state index is 13.2. The summed E-state index contributed by atoms with van der Waals surface area (Å²) in [7, 11) is 0. The van der Waals surface area contributed by atoms with E-state index in [-0.39, 0.29) is 17.0 Å². The van der Waals surface area contributed by atoms with E-state index in [2.05, 4.69) is 49.9 Å². The van der Waals surface area contributed by atoms with Crippen LogP contribution >= 0.6 is 11.3 Å². The molecule has 0 saturated heterocycles.